The van der Waals surface area contributed by atoms with Crippen LogP contribution < -0.4 is 14.4 Å². The molecule has 0 N–H and O–H groups in total. The van der Waals surface area contributed by atoms with Gasteiger partial charge in [0.15, 0.2) is 40.5 Å². The zero-order valence-electron chi connectivity index (χ0n) is 34.1. The number of hydrogen-bond donors (Lipinski definition) is 0. The number of rotatable bonds is 6. The highest BCUT2D eigenvalue weighted by atomic mass is 16.5. The fourth-order valence-electron chi connectivity index (χ4n) is 9.04. The SMILES string of the molecule is c1ccc(-c2ccc3c(c2)Oc2cc(-c4ccccc4)cc4c2N3c2ccc(-c3ccc5oc6cccc(-c7nc(-c8ccccc8)nc(-c8ccccc8)n7)c6c5c3)cc2O4)cc1. The number of ether oxygens (including phenoxy) is 2. The zero-order valence-corrected chi connectivity index (χ0v) is 34.1. The summed E-state index contributed by atoms with van der Waals surface area (Å²) in [7, 11) is 0. The highest BCUT2D eigenvalue weighted by Gasteiger charge is 2.36. The van der Waals surface area contributed by atoms with Crippen molar-refractivity contribution < 1.29 is 13.9 Å². The first-order valence-corrected chi connectivity index (χ1v) is 21.2. The van der Waals surface area contributed by atoms with Gasteiger partial charge in [-0.2, -0.15) is 0 Å². The largest absolute Gasteiger partial charge is 0.456 e. The minimum absolute atomic E-state index is 0.572. The molecule has 64 heavy (non-hydrogen) atoms. The van der Waals surface area contributed by atoms with E-state index in [9.17, 15) is 0 Å². The van der Waals surface area contributed by atoms with Gasteiger partial charge in [0, 0.05) is 27.5 Å². The van der Waals surface area contributed by atoms with Crippen LogP contribution in [0.1, 0.15) is 0 Å². The molecule has 0 bridgehead atoms. The van der Waals surface area contributed by atoms with Crippen LogP contribution >= 0.6 is 0 Å². The molecule has 7 nitrogen and oxygen atoms in total. The molecular formula is C57H34N4O3. The highest BCUT2D eigenvalue weighted by molar-refractivity contribution is 6.13. The number of nitrogens with zero attached hydrogens (tertiary/aromatic N) is 4. The van der Waals surface area contributed by atoms with Gasteiger partial charge in [0.05, 0.1) is 11.4 Å². The molecular weight excluding hydrogens is 789 g/mol. The van der Waals surface area contributed by atoms with Crippen molar-refractivity contribution in [3.8, 4) is 90.5 Å². The predicted octanol–water partition coefficient (Wildman–Crippen LogP) is 15.5. The van der Waals surface area contributed by atoms with Crippen molar-refractivity contribution in [3.63, 3.8) is 0 Å². The van der Waals surface area contributed by atoms with E-state index in [1.807, 2.05) is 103 Å². The monoisotopic (exact) mass is 822 g/mol. The molecule has 2 aromatic heterocycles. The molecule has 0 aliphatic carbocycles. The van der Waals surface area contributed by atoms with Gasteiger partial charge < -0.3 is 13.9 Å². The summed E-state index contributed by atoms with van der Waals surface area (Å²) in [6.45, 7) is 0. The Balaban J connectivity index is 0.947. The summed E-state index contributed by atoms with van der Waals surface area (Å²) >= 11 is 0. The Hall–Kier alpha value is -8.81. The number of aromatic nitrogens is 3. The van der Waals surface area contributed by atoms with Gasteiger partial charge in [-0.05, 0) is 88.0 Å². The van der Waals surface area contributed by atoms with E-state index in [4.69, 9.17) is 28.8 Å². The molecule has 2 aliphatic rings. The van der Waals surface area contributed by atoms with E-state index in [1.54, 1.807) is 0 Å². The summed E-state index contributed by atoms with van der Waals surface area (Å²) in [5.74, 6) is 4.76. The summed E-state index contributed by atoms with van der Waals surface area (Å²) in [6.07, 6.45) is 0. The molecule has 0 spiro atoms. The van der Waals surface area contributed by atoms with Gasteiger partial charge in [0.25, 0.3) is 0 Å². The van der Waals surface area contributed by atoms with Crippen molar-refractivity contribution in [1.29, 1.82) is 0 Å². The van der Waals surface area contributed by atoms with Crippen LogP contribution in [0.4, 0.5) is 17.1 Å². The number of hydrogen-bond acceptors (Lipinski definition) is 7. The van der Waals surface area contributed by atoms with E-state index in [2.05, 4.69) is 108 Å². The Labute approximate surface area is 368 Å². The van der Waals surface area contributed by atoms with Crippen molar-refractivity contribution in [2.75, 3.05) is 4.90 Å². The number of benzene rings is 9. The summed E-state index contributed by atoms with van der Waals surface area (Å²) in [5, 5.41) is 1.90. The van der Waals surface area contributed by atoms with Crippen LogP contribution in [0.15, 0.2) is 211 Å². The first-order chi connectivity index (χ1) is 31.7. The molecule has 11 aromatic rings. The summed E-state index contributed by atoms with van der Waals surface area (Å²) in [6, 6.07) is 70.3. The molecule has 9 aromatic carbocycles. The third-order valence-corrected chi connectivity index (χ3v) is 12.1. The standard InChI is InChI=1S/C57H34N4O3/c1-5-14-35(15-6-1)40-24-27-45-49(31-40)63-51-33-42(36-16-7-2-8-17-36)34-52-54(51)61(45)46-28-25-41(32-50(46)64-52)39-26-29-47-44(30-39)53-43(22-13-23-48(53)62-47)57-59-55(37-18-9-3-10-19-37)58-56(60-57)38-20-11-4-12-21-38/h1-34H. The lowest BCUT2D eigenvalue weighted by Crippen LogP contribution is -2.20. The number of fused-ring (bicyclic) bond motifs is 7. The maximum Gasteiger partial charge on any atom is 0.164 e. The predicted molar refractivity (Wildman–Crippen MR) is 255 cm³/mol. The van der Waals surface area contributed by atoms with E-state index in [1.165, 1.54) is 0 Å². The lowest BCUT2D eigenvalue weighted by molar-refractivity contribution is 0.446. The number of anilines is 3. The van der Waals surface area contributed by atoms with E-state index in [0.717, 1.165) is 112 Å². The van der Waals surface area contributed by atoms with Crippen molar-refractivity contribution in [3.05, 3.63) is 206 Å². The van der Waals surface area contributed by atoms with E-state index >= 15 is 0 Å². The molecule has 0 radical (unpaired) electrons. The van der Waals surface area contributed by atoms with E-state index < -0.39 is 0 Å². The van der Waals surface area contributed by atoms with Crippen LogP contribution in [0, 0.1) is 0 Å². The van der Waals surface area contributed by atoms with Crippen LogP contribution in [0.3, 0.4) is 0 Å². The maximum atomic E-state index is 6.91. The second kappa shape index (κ2) is 14.4. The molecule has 0 amide bonds. The first kappa shape index (κ1) is 35.9. The Morgan fingerprint density at radius 2 is 0.797 bits per heavy atom. The Morgan fingerprint density at radius 3 is 1.38 bits per heavy atom. The molecule has 0 saturated carbocycles. The van der Waals surface area contributed by atoms with E-state index in [-0.39, 0.29) is 0 Å². The van der Waals surface area contributed by atoms with E-state index in [0.29, 0.717) is 17.5 Å². The number of furan rings is 1. The fraction of sp³-hybridized carbons (Fsp3) is 0. The first-order valence-electron chi connectivity index (χ1n) is 21.2. The second-order valence-corrected chi connectivity index (χ2v) is 16.0. The van der Waals surface area contributed by atoms with Gasteiger partial charge in [-0.15, -0.1) is 0 Å². The van der Waals surface area contributed by atoms with Gasteiger partial charge in [0.2, 0.25) is 0 Å². The molecule has 13 rings (SSSR count). The second-order valence-electron chi connectivity index (χ2n) is 16.0. The van der Waals surface area contributed by atoms with Gasteiger partial charge in [-0.1, -0.05) is 152 Å². The van der Waals surface area contributed by atoms with Crippen LogP contribution in [-0.4, -0.2) is 15.0 Å². The van der Waals surface area contributed by atoms with Crippen LogP contribution in [0.5, 0.6) is 23.0 Å². The quantitative estimate of drug-likeness (QED) is 0.165. The topological polar surface area (TPSA) is 73.5 Å². The molecule has 0 saturated heterocycles. The zero-order chi connectivity index (χ0) is 42.1. The summed E-state index contributed by atoms with van der Waals surface area (Å²) in [4.78, 5) is 17.4. The average molecular weight is 823 g/mol. The maximum absolute atomic E-state index is 6.91. The minimum atomic E-state index is 0.572. The molecule has 300 valence electrons. The Bertz CT molecular complexity index is 3550. The normalized spacial score (nSPS) is 12.3. The third-order valence-electron chi connectivity index (χ3n) is 12.1. The smallest absolute Gasteiger partial charge is 0.164 e. The molecule has 7 heteroatoms. The van der Waals surface area contributed by atoms with Crippen LogP contribution in [-0.2, 0) is 0 Å². The van der Waals surface area contributed by atoms with Crippen LogP contribution in [0.25, 0.3) is 89.5 Å². The highest BCUT2D eigenvalue weighted by Crippen LogP contribution is 2.61. The summed E-state index contributed by atoms with van der Waals surface area (Å²) < 4.78 is 20.2. The molecule has 0 atom stereocenters. The van der Waals surface area contributed by atoms with Crippen LogP contribution in [0.2, 0.25) is 0 Å². The third kappa shape index (κ3) is 5.94. The lowest BCUT2D eigenvalue weighted by Gasteiger charge is -2.38. The van der Waals surface area contributed by atoms with Gasteiger partial charge in [-0.3, -0.25) is 4.90 Å². The van der Waals surface area contributed by atoms with Crippen molar-refractivity contribution in [2.24, 2.45) is 0 Å². The Kier molecular flexibility index (Phi) is 8.08. The molecule has 0 fully saturated rings. The van der Waals surface area contributed by atoms with Gasteiger partial charge in [0.1, 0.15) is 16.9 Å². The summed E-state index contributed by atoms with van der Waals surface area (Å²) in [5.41, 5.74) is 13.3. The van der Waals surface area contributed by atoms with Gasteiger partial charge >= 0.3 is 0 Å². The lowest BCUT2D eigenvalue weighted by atomic mass is 9.97. The van der Waals surface area contributed by atoms with Crippen molar-refractivity contribution in [2.45, 2.75) is 0 Å². The fourth-order valence-corrected chi connectivity index (χ4v) is 9.04. The Morgan fingerprint density at radius 1 is 0.328 bits per heavy atom. The molecule has 0 unspecified atom stereocenters. The van der Waals surface area contributed by atoms with Crippen molar-refractivity contribution >= 4 is 39.0 Å². The minimum Gasteiger partial charge on any atom is -0.456 e. The molecule has 2 aliphatic heterocycles. The average Bonchev–Trinajstić information content (AvgIpc) is 3.75. The molecule has 4 heterocycles. The van der Waals surface area contributed by atoms with Gasteiger partial charge in [-0.25, -0.2) is 15.0 Å². The van der Waals surface area contributed by atoms with Crippen molar-refractivity contribution in [1.82, 2.24) is 15.0 Å².